The zero-order valence-electron chi connectivity index (χ0n) is 10.6. The molecule has 100 valence electrons. The first-order chi connectivity index (χ1) is 9.19. The molecule has 0 aliphatic carbocycles. The van der Waals surface area contributed by atoms with Crippen LogP contribution in [-0.4, -0.2) is 23.8 Å². The number of nitrogens with zero attached hydrogens (tertiary/aromatic N) is 2. The molecule has 0 fully saturated rings. The Balaban J connectivity index is 2.75. The molecule has 19 heavy (non-hydrogen) atoms. The Labute approximate surface area is 115 Å². The maximum Gasteiger partial charge on any atom is 0.318 e. The van der Waals surface area contributed by atoms with Crippen LogP contribution >= 0.6 is 11.6 Å². The number of para-hydroxylation sites is 1. The Hall–Kier alpha value is -1.85. The first-order valence-corrected chi connectivity index (χ1v) is 5.96. The molecule has 0 saturated carbocycles. The Morgan fingerprint density at radius 1 is 1.26 bits per heavy atom. The Morgan fingerprint density at radius 2 is 1.95 bits per heavy atom. The first-order valence-electron chi connectivity index (χ1n) is 5.58. The van der Waals surface area contributed by atoms with Crippen molar-refractivity contribution >= 4 is 11.6 Å². The van der Waals surface area contributed by atoms with Crippen molar-refractivity contribution in [2.75, 3.05) is 14.2 Å². The fourth-order valence-corrected chi connectivity index (χ4v) is 1.97. The minimum Gasteiger partial charge on any atom is -0.477 e. The van der Waals surface area contributed by atoms with E-state index in [0.717, 1.165) is 0 Å². The lowest BCUT2D eigenvalue weighted by molar-refractivity contribution is 0.178. The fourth-order valence-electron chi connectivity index (χ4n) is 1.76. The van der Waals surface area contributed by atoms with Gasteiger partial charge in [0.15, 0.2) is 5.15 Å². The molecule has 0 atom stereocenters. The van der Waals surface area contributed by atoms with Crippen molar-refractivity contribution in [1.82, 2.24) is 9.55 Å². The maximum atomic E-state index is 12.3. The molecule has 0 N–H and O–H groups in total. The van der Waals surface area contributed by atoms with E-state index >= 15 is 0 Å². The van der Waals surface area contributed by atoms with Gasteiger partial charge in [-0.3, -0.25) is 9.36 Å². The van der Waals surface area contributed by atoms with Crippen molar-refractivity contribution in [3.05, 3.63) is 51.5 Å². The number of benzene rings is 1. The molecule has 0 spiro atoms. The van der Waals surface area contributed by atoms with E-state index in [9.17, 15) is 4.79 Å². The summed E-state index contributed by atoms with van der Waals surface area (Å²) in [6.07, 6.45) is 0. The number of halogens is 1. The van der Waals surface area contributed by atoms with Crippen LogP contribution in [0.1, 0.15) is 5.69 Å². The van der Waals surface area contributed by atoms with E-state index in [-0.39, 0.29) is 23.2 Å². The van der Waals surface area contributed by atoms with Gasteiger partial charge in [-0.25, -0.2) is 0 Å². The highest BCUT2D eigenvalue weighted by Gasteiger charge is 2.16. The quantitative estimate of drug-likeness (QED) is 0.860. The van der Waals surface area contributed by atoms with Crippen LogP contribution in [0.2, 0.25) is 5.15 Å². The molecule has 2 aromatic rings. The molecule has 1 heterocycles. The average Bonchev–Trinajstić information content (AvgIpc) is 2.44. The van der Waals surface area contributed by atoms with Gasteiger partial charge in [-0.05, 0) is 12.1 Å². The summed E-state index contributed by atoms with van der Waals surface area (Å²) in [5.74, 6) is -0.0475. The molecule has 0 aliphatic heterocycles. The van der Waals surface area contributed by atoms with Crippen LogP contribution in [0.5, 0.6) is 5.88 Å². The van der Waals surface area contributed by atoms with E-state index in [1.54, 1.807) is 12.1 Å². The zero-order chi connectivity index (χ0) is 13.8. The van der Waals surface area contributed by atoms with Crippen LogP contribution in [0.3, 0.4) is 0 Å². The standard InChI is InChI=1S/C13H13ClN2O3/c1-18-8-10-11(14)15-12(19-2)13(17)16(10)9-6-4-3-5-7-9/h3-7H,8H2,1-2H3. The van der Waals surface area contributed by atoms with Crippen LogP contribution in [0.4, 0.5) is 0 Å². The number of hydrogen-bond donors (Lipinski definition) is 0. The normalized spacial score (nSPS) is 10.5. The average molecular weight is 281 g/mol. The van der Waals surface area contributed by atoms with Crippen molar-refractivity contribution in [1.29, 1.82) is 0 Å². The number of rotatable bonds is 4. The summed E-state index contributed by atoms with van der Waals surface area (Å²) < 4.78 is 11.5. The summed E-state index contributed by atoms with van der Waals surface area (Å²) in [6.45, 7) is 0.181. The summed E-state index contributed by atoms with van der Waals surface area (Å²) in [5, 5.41) is 0.183. The van der Waals surface area contributed by atoms with Crippen LogP contribution < -0.4 is 10.3 Å². The lowest BCUT2D eigenvalue weighted by Crippen LogP contribution is -2.25. The molecule has 5 nitrogen and oxygen atoms in total. The van der Waals surface area contributed by atoms with E-state index in [4.69, 9.17) is 21.1 Å². The van der Waals surface area contributed by atoms with E-state index in [1.807, 2.05) is 18.2 Å². The predicted molar refractivity (Wildman–Crippen MR) is 72.1 cm³/mol. The van der Waals surface area contributed by atoms with Gasteiger partial charge in [-0.1, -0.05) is 29.8 Å². The smallest absolute Gasteiger partial charge is 0.318 e. The number of ether oxygens (including phenoxy) is 2. The molecule has 0 saturated heterocycles. The van der Waals surface area contributed by atoms with Gasteiger partial charge in [0.05, 0.1) is 19.4 Å². The Bertz CT molecular complexity index is 626. The number of methoxy groups -OCH3 is 2. The van der Waals surface area contributed by atoms with Crippen LogP contribution in [0, 0.1) is 0 Å². The van der Waals surface area contributed by atoms with Crippen molar-refractivity contribution in [3.63, 3.8) is 0 Å². The van der Waals surface area contributed by atoms with E-state index in [0.29, 0.717) is 11.4 Å². The molecule has 0 amide bonds. The molecule has 0 unspecified atom stereocenters. The first kappa shape index (κ1) is 13.6. The molecule has 1 aromatic heterocycles. The summed E-state index contributed by atoms with van der Waals surface area (Å²) >= 11 is 6.08. The van der Waals surface area contributed by atoms with Crippen LogP contribution in [-0.2, 0) is 11.3 Å². The van der Waals surface area contributed by atoms with Crippen molar-refractivity contribution < 1.29 is 9.47 Å². The van der Waals surface area contributed by atoms with E-state index in [1.165, 1.54) is 18.8 Å². The highest BCUT2D eigenvalue weighted by molar-refractivity contribution is 6.30. The lowest BCUT2D eigenvalue weighted by Gasteiger charge is -2.14. The molecule has 1 aromatic carbocycles. The minimum absolute atomic E-state index is 0.0475. The van der Waals surface area contributed by atoms with Gasteiger partial charge in [0, 0.05) is 12.8 Å². The van der Waals surface area contributed by atoms with Gasteiger partial charge in [0.25, 0.3) is 5.88 Å². The second kappa shape index (κ2) is 5.86. The summed E-state index contributed by atoms with van der Waals surface area (Å²) in [7, 11) is 2.91. The van der Waals surface area contributed by atoms with E-state index in [2.05, 4.69) is 4.98 Å². The summed E-state index contributed by atoms with van der Waals surface area (Å²) in [6, 6.07) is 9.13. The highest BCUT2D eigenvalue weighted by Crippen LogP contribution is 2.19. The summed E-state index contributed by atoms with van der Waals surface area (Å²) in [4.78, 5) is 16.2. The van der Waals surface area contributed by atoms with Gasteiger partial charge in [0.1, 0.15) is 0 Å². The van der Waals surface area contributed by atoms with Crippen LogP contribution in [0.25, 0.3) is 5.69 Å². The lowest BCUT2D eigenvalue weighted by atomic mass is 10.3. The summed E-state index contributed by atoms with van der Waals surface area (Å²) in [5.41, 5.74) is 0.800. The second-order valence-electron chi connectivity index (χ2n) is 3.77. The number of hydrogen-bond acceptors (Lipinski definition) is 4. The Kier molecular flexibility index (Phi) is 4.19. The predicted octanol–water partition coefficient (Wildman–Crippen LogP) is 2.04. The Morgan fingerprint density at radius 3 is 2.53 bits per heavy atom. The zero-order valence-corrected chi connectivity index (χ0v) is 11.3. The fraction of sp³-hybridized carbons (Fsp3) is 0.231. The molecule has 0 aliphatic rings. The van der Waals surface area contributed by atoms with Gasteiger partial charge < -0.3 is 9.47 Å². The van der Waals surface area contributed by atoms with Gasteiger partial charge in [-0.15, -0.1) is 0 Å². The SMILES string of the molecule is COCc1c(Cl)nc(OC)c(=O)n1-c1ccccc1. The monoisotopic (exact) mass is 280 g/mol. The third kappa shape index (κ3) is 2.62. The highest BCUT2D eigenvalue weighted by atomic mass is 35.5. The van der Waals surface area contributed by atoms with Gasteiger partial charge in [0.2, 0.25) is 0 Å². The van der Waals surface area contributed by atoms with Gasteiger partial charge in [-0.2, -0.15) is 4.98 Å². The maximum absolute atomic E-state index is 12.3. The van der Waals surface area contributed by atoms with Gasteiger partial charge >= 0.3 is 5.56 Å². The largest absolute Gasteiger partial charge is 0.477 e. The molecular formula is C13H13ClN2O3. The topological polar surface area (TPSA) is 53.4 Å². The van der Waals surface area contributed by atoms with Crippen molar-refractivity contribution in [3.8, 4) is 11.6 Å². The van der Waals surface area contributed by atoms with Crippen LogP contribution in [0.15, 0.2) is 35.1 Å². The van der Waals surface area contributed by atoms with Crippen molar-refractivity contribution in [2.24, 2.45) is 0 Å². The molecule has 0 bridgehead atoms. The minimum atomic E-state index is -0.370. The third-order valence-electron chi connectivity index (χ3n) is 2.58. The van der Waals surface area contributed by atoms with Crippen molar-refractivity contribution in [2.45, 2.75) is 6.61 Å². The molecule has 6 heteroatoms. The molecular weight excluding hydrogens is 268 g/mol. The molecule has 2 rings (SSSR count). The number of aromatic nitrogens is 2. The third-order valence-corrected chi connectivity index (χ3v) is 2.89. The molecule has 0 radical (unpaired) electrons. The second-order valence-corrected chi connectivity index (χ2v) is 4.13. The van der Waals surface area contributed by atoms with E-state index < -0.39 is 0 Å².